The predicted molar refractivity (Wildman–Crippen MR) is 114 cm³/mol. The van der Waals surface area contributed by atoms with Crippen LogP contribution in [0.1, 0.15) is 27.0 Å². The molecule has 4 rings (SSSR count). The van der Waals surface area contributed by atoms with Crippen molar-refractivity contribution in [2.45, 2.75) is 20.0 Å². The number of nitrogens with one attached hydrogen (secondary N) is 1. The summed E-state index contributed by atoms with van der Waals surface area (Å²) in [5, 5.41) is 13.8. The molecule has 1 aliphatic rings. The second-order valence-corrected chi connectivity index (χ2v) is 7.66. The summed E-state index contributed by atoms with van der Waals surface area (Å²) in [5.74, 6) is -0.924. The third-order valence-electron chi connectivity index (χ3n) is 5.04. The van der Waals surface area contributed by atoms with Crippen molar-refractivity contribution in [3.63, 3.8) is 0 Å². The van der Waals surface area contributed by atoms with Crippen molar-refractivity contribution >= 4 is 46.2 Å². The molecule has 1 heterocycles. The van der Waals surface area contributed by atoms with E-state index in [2.05, 4.69) is 22.3 Å². The summed E-state index contributed by atoms with van der Waals surface area (Å²) in [6, 6.07) is 17.1. The van der Waals surface area contributed by atoms with Gasteiger partial charge in [-0.2, -0.15) is 0 Å². The van der Waals surface area contributed by atoms with Crippen molar-refractivity contribution in [2.24, 2.45) is 0 Å². The van der Waals surface area contributed by atoms with E-state index in [9.17, 15) is 9.90 Å². The van der Waals surface area contributed by atoms with Gasteiger partial charge in [0.05, 0.1) is 15.6 Å². The van der Waals surface area contributed by atoms with Crippen LogP contribution in [-0.4, -0.2) is 11.1 Å². The molecule has 0 aliphatic carbocycles. The number of rotatable bonds is 4. The number of carboxylic acid groups (broad SMARTS) is 1. The van der Waals surface area contributed by atoms with Crippen molar-refractivity contribution < 1.29 is 9.90 Å². The molecule has 142 valence electrons. The first-order valence-corrected chi connectivity index (χ1v) is 9.59. The quantitative estimate of drug-likeness (QED) is 0.530. The van der Waals surface area contributed by atoms with Crippen molar-refractivity contribution in [1.82, 2.24) is 0 Å². The van der Waals surface area contributed by atoms with E-state index in [1.165, 1.54) is 11.1 Å². The van der Waals surface area contributed by atoms with Gasteiger partial charge in [0.25, 0.3) is 0 Å². The molecule has 0 fully saturated rings. The van der Waals surface area contributed by atoms with Crippen molar-refractivity contribution in [1.29, 1.82) is 0 Å². The third kappa shape index (κ3) is 3.53. The van der Waals surface area contributed by atoms with E-state index >= 15 is 0 Å². The Morgan fingerprint density at radius 1 is 1.00 bits per heavy atom. The molecule has 0 spiro atoms. The van der Waals surface area contributed by atoms with Crippen LogP contribution in [0.4, 0.5) is 17.1 Å². The first-order chi connectivity index (χ1) is 13.4. The van der Waals surface area contributed by atoms with E-state index in [-0.39, 0.29) is 0 Å². The monoisotopic (exact) mass is 412 g/mol. The number of hydrogen-bond donors (Lipinski definition) is 2. The van der Waals surface area contributed by atoms with Gasteiger partial charge in [-0.15, -0.1) is 0 Å². The Hall–Kier alpha value is -2.69. The fraction of sp³-hybridized carbons (Fsp3) is 0.136. The van der Waals surface area contributed by atoms with Crippen LogP contribution in [0.25, 0.3) is 0 Å². The van der Waals surface area contributed by atoms with Crippen LogP contribution in [0, 0.1) is 6.92 Å². The lowest BCUT2D eigenvalue weighted by molar-refractivity contribution is 0.0696. The highest BCUT2D eigenvalue weighted by molar-refractivity contribution is 6.42. The van der Waals surface area contributed by atoms with Crippen molar-refractivity contribution in [3.8, 4) is 0 Å². The van der Waals surface area contributed by atoms with Gasteiger partial charge in [0.2, 0.25) is 0 Å². The van der Waals surface area contributed by atoms with E-state index < -0.39 is 5.97 Å². The molecule has 1 aliphatic heterocycles. The van der Waals surface area contributed by atoms with Gasteiger partial charge >= 0.3 is 5.97 Å². The van der Waals surface area contributed by atoms with Gasteiger partial charge in [-0.1, -0.05) is 35.3 Å². The summed E-state index contributed by atoms with van der Waals surface area (Å²) in [6.45, 7) is 3.39. The summed E-state index contributed by atoms with van der Waals surface area (Å²) in [7, 11) is 0. The first-order valence-electron chi connectivity index (χ1n) is 8.84. The van der Waals surface area contributed by atoms with Crippen LogP contribution in [0.5, 0.6) is 0 Å². The number of aromatic carboxylic acids is 1. The average molecular weight is 413 g/mol. The summed E-state index contributed by atoms with van der Waals surface area (Å²) in [4.78, 5) is 13.6. The highest BCUT2D eigenvalue weighted by Gasteiger charge is 2.20. The van der Waals surface area contributed by atoms with Crippen LogP contribution in [-0.2, 0) is 13.1 Å². The molecule has 0 unspecified atom stereocenters. The molecule has 4 nitrogen and oxygen atoms in total. The minimum Gasteiger partial charge on any atom is -0.478 e. The zero-order chi connectivity index (χ0) is 19.8. The number of hydrogen-bond acceptors (Lipinski definition) is 3. The van der Waals surface area contributed by atoms with Crippen LogP contribution in [0.15, 0.2) is 54.6 Å². The maximum absolute atomic E-state index is 11.3. The fourth-order valence-corrected chi connectivity index (χ4v) is 3.79. The number of anilines is 3. The largest absolute Gasteiger partial charge is 0.478 e. The summed E-state index contributed by atoms with van der Waals surface area (Å²) in [5.41, 5.74) is 6.25. The summed E-state index contributed by atoms with van der Waals surface area (Å²) < 4.78 is 0. The average Bonchev–Trinajstić information content (AvgIpc) is 3.09. The van der Waals surface area contributed by atoms with E-state index in [0.29, 0.717) is 21.2 Å². The highest BCUT2D eigenvalue weighted by atomic mass is 35.5. The SMILES string of the molecule is Cc1c(Nc2ccc3c(c2)CN(c2ccc(Cl)c(Cl)c2)C3)cccc1C(=O)O. The van der Waals surface area contributed by atoms with E-state index in [1.54, 1.807) is 12.1 Å². The normalized spacial score (nSPS) is 12.8. The molecule has 0 saturated carbocycles. The molecule has 0 aromatic heterocycles. The summed E-state index contributed by atoms with van der Waals surface area (Å²) >= 11 is 12.2. The molecule has 0 atom stereocenters. The van der Waals surface area contributed by atoms with Crippen LogP contribution in [0.3, 0.4) is 0 Å². The highest BCUT2D eigenvalue weighted by Crippen LogP contribution is 2.34. The molecule has 3 aromatic rings. The fourth-order valence-electron chi connectivity index (χ4n) is 3.49. The van der Waals surface area contributed by atoms with Crippen molar-refractivity contribution in [2.75, 3.05) is 10.2 Å². The van der Waals surface area contributed by atoms with E-state index in [0.717, 1.165) is 30.2 Å². The Bertz CT molecular complexity index is 1080. The van der Waals surface area contributed by atoms with Gasteiger partial charge in [-0.05, 0) is 66.1 Å². The number of halogens is 2. The molecule has 0 radical (unpaired) electrons. The zero-order valence-electron chi connectivity index (χ0n) is 15.2. The molecule has 6 heteroatoms. The van der Waals surface area contributed by atoms with E-state index in [1.807, 2.05) is 37.3 Å². The first kappa shape index (κ1) is 18.7. The number of fused-ring (bicyclic) bond motifs is 1. The van der Waals surface area contributed by atoms with Crippen LogP contribution < -0.4 is 10.2 Å². The number of carboxylic acids is 1. The maximum Gasteiger partial charge on any atom is 0.336 e. The Morgan fingerprint density at radius 2 is 1.79 bits per heavy atom. The van der Waals surface area contributed by atoms with Crippen molar-refractivity contribution in [3.05, 3.63) is 86.9 Å². The minimum absolute atomic E-state index is 0.303. The van der Waals surface area contributed by atoms with Gasteiger partial charge in [0.15, 0.2) is 0 Å². The van der Waals surface area contributed by atoms with Gasteiger partial charge in [-0.25, -0.2) is 4.79 Å². The van der Waals surface area contributed by atoms with Crippen LogP contribution in [0.2, 0.25) is 10.0 Å². The van der Waals surface area contributed by atoms with E-state index in [4.69, 9.17) is 23.2 Å². The lowest BCUT2D eigenvalue weighted by atomic mass is 10.1. The predicted octanol–water partition coefficient (Wildman–Crippen LogP) is 6.26. The third-order valence-corrected chi connectivity index (χ3v) is 5.78. The van der Waals surface area contributed by atoms with Gasteiger partial charge in [-0.3, -0.25) is 0 Å². The minimum atomic E-state index is -0.924. The molecule has 0 saturated heterocycles. The van der Waals surface area contributed by atoms with Gasteiger partial charge in [0.1, 0.15) is 0 Å². The van der Waals surface area contributed by atoms with Gasteiger partial charge < -0.3 is 15.3 Å². The summed E-state index contributed by atoms with van der Waals surface area (Å²) in [6.07, 6.45) is 0. The smallest absolute Gasteiger partial charge is 0.336 e. The molecule has 3 aromatic carbocycles. The lowest BCUT2D eigenvalue weighted by Crippen LogP contribution is -2.14. The number of benzene rings is 3. The second kappa shape index (κ2) is 7.38. The molecular weight excluding hydrogens is 395 g/mol. The Kier molecular flexibility index (Phi) is 4.92. The lowest BCUT2D eigenvalue weighted by Gasteiger charge is -2.18. The molecule has 2 N–H and O–H groups in total. The zero-order valence-corrected chi connectivity index (χ0v) is 16.7. The Balaban J connectivity index is 1.56. The standard InChI is InChI=1S/C22H18Cl2N2O2/c1-13-18(22(27)28)3-2-4-21(13)25-16-6-5-14-11-26(12-15(14)9-16)17-7-8-19(23)20(24)10-17/h2-10,25H,11-12H2,1H3,(H,27,28). The number of carbonyl (C=O) groups is 1. The Labute approximate surface area is 173 Å². The maximum atomic E-state index is 11.3. The van der Waals surface area contributed by atoms with Crippen LogP contribution >= 0.6 is 23.2 Å². The molecule has 0 bridgehead atoms. The molecule has 28 heavy (non-hydrogen) atoms. The Morgan fingerprint density at radius 3 is 2.54 bits per heavy atom. The molecular formula is C22H18Cl2N2O2. The number of nitrogens with zero attached hydrogens (tertiary/aromatic N) is 1. The van der Waals surface area contributed by atoms with Gasteiger partial charge in [0, 0.05) is 30.2 Å². The second-order valence-electron chi connectivity index (χ2n) is 6.85. The topological polar surface area (TPSA) is 52.6 Å². The molecule has 0 amide bonds.